The highest BCUT2D eigenvalue weighted by molar-refractivity contribution is 6.31. The predicted molar refractivity (Wildman–Crippen MR) is 83.3 cm³/mol. The molecule has 5 heteroatoms. The molecular weight excluding hydrogens is 276 g/mol. The number of hydrogen-bond donors (Lipinski definition) is 3. The molecule has 1 aromatic rings. The van der Waals surface area contributed by atoms with Gasteiger partial charge < -0.3 is 15.7 Å². The Morgan fingerprint density at radius 2 is 2.10 bits per heavy atom. The zero-order valence-corrected chi connectivity index (χ0v) is 13.2. The number of aliphatic hydroxyl groups excluding tert-OH is 1. The summed E-state index contributed by atoms with van der Waals surface area (Å²) in [6, 6.07) is 5.09. The summed E-state index contributed by atoms with van der Waals surface area (Å²) in [5, 5.41) is 15.6. The van der Waals surface area contributed by atoms with E-state index in [9.17, 15) is 9.90 Å². The molecule has 0 aliphatic carbocycles. The molecule has 0 bridgehead atoms. The summed E-state index contributed by atoms with van der Waals surface area (Å²) in [5.41, 5.74) is 1.49. The Morgan fingerprint density at radius 1 is 1.45 bits per heavy atom. The van der Waals surface area contributed by atoms with Gasteiger partial charge >= 0.3 is 6.03 Å². The van der Waals surface area contributed by atoms with E-state index in [0.29, 0.717) is 23.7 Å². The van der Waals surface area contributed by atoms with Gasteiger partial charge in [-0.2, -0.15) is 0 Å². The number of carbonyl (C=O) groups is 1. The van der Waals surface area contributed by atoms with Crippen molar-refractivity contribution in [2.24, 2.45) is 5.41 Å². The minimum absolute atomic E-state index is 0.158. The Bertz CT molecular complexity index is 473. The van der Waals surface area contributed by atoms with Crippen LogP contribution in [-0.4, -0.2) is 23.8 Å². The number of carbonyl (C=O) groups excluding carboxylic acids is 1. The molecule has 0 aliphatic rings. The van der Waals surface area contributed by atoms with Gasteiger partial charge in [-0.25, -0.2) is 4.79 Å². The Kier molecular flexibility index (Phi) is 5.84. The molecule has 20 heavy (non-hydrogen) atoms. The van der Waals surface area contributed by atoms with Crippen LogP contribution in [0.15, 0.2) is 18.2 Å². The minimum atomic E-state index is -0.384. The van der Waals surface area contributed by atoms with Gasteiger partial charge in [0, 0.05) is 17.3 Å². The first-order valence-corrected chi connectivity index (χ1v) is 7.06. The van der Waals surface area contributed by atoms with E-state index in [-0.39, 0.29) is 17.6 Å². The fourth-order valence-corrected chi connectivity index (χ4v) is 2.26. The van der Waals surface area contributed by atoms with Crippen molar-refractivity contribution in [3.05, 3.63) is 28.8 Å². The number of amides is 2. The van der Waals surface area contributed by atoms with Gasteiger partial charge in [-0.3, -0.25) is 0 Å². The molecular formula is C15H23ClN2O2. The van der Waals surface area contributed by atoms with Crippen LogP contribution in [-0.2, 0) is 0 Å². The first kappa shape index (κ1) is 16.8. The van der Waals surface area contributed by atoms with Crippen LogP contribution in [0.3, 0.4) is 0 Å². The Morgan fingerprint density at radius 3 is 2.70 bits per heavy atom. The van der Waals surface area contributed by atoms with E-state index in [1.165, 1.54) is 0 Å². The number of hydrogen-bond acceptors (Lipinski definition) is 2. The third-order valence-corrected chi connectivity index (χ3v) is 3.26. The number of urea groups is 1. The molecule has 4 nitrogen and oxygen atoms in total. The summed E-state index contributed by atoms with van der Waals surface area (Å²) >= 11 is 5.91. The zero-order chi connectivity index (χ0) is 15.3. The van der Waals surface area contributed by atoms with E-state index in [0.717, 1.165) is 5.56 Å². The van der Waals surface area contributed by atoms with Crippen LogP contribution in [0, 0.1) is 12.3 Å². The second-order valence-corrected chi connectivity index (χ2v) is 6.42. The third-order valence-electron chi connectivity index (χ3n) is 3.02. The van der Waals surface area contributed by atoms with E-state index in [2.05, 4.69) is 10.6 Å². The fraction of sp³-hybridized carbons (Fsp3) is 0.533. The van der Waals surface area contributed by atoms with Gasteiger partial charge in [0.15, 0.2) is 0 Å². The summed E-state index contributed by atoms with van der Waals surface area (Å²) in [5.74, 6) is 0. The average Bonchev–Trinajstić information content (AvgIpc) is 2.30. The standard InChI is InChI=1S/C15H23ClN2O2/c1-10-5-6-12(16)7-13(10)18-14(20)17-9-15(3,4)8-11(2)19/h5-7,11,19H,8-9H2,1-4H3,(H2,17,18,20). The molecule has 0 fully saturated rings. The lowest BCUT2D eigenvalue weighted by Crippen LogP contribution is -2.38. The summed E-state index contributed by atoms with van der Waals surface area (Å²) in [7, 11) is 0. The van der Waals surface area contributed by atoms with Crippen LogP contribution in [0.2, 0.25) is 5.02 Å². The summed E-state index contributed by atoms with van der Waals surface area (Å²) < 4.78 is 0. The number of aliphatic hydroxyl groups is 1. The first-order valence-electron chi connectivity index (χ1n) is 6.69. The maximum absolute atomic E-state index is 11.9. The molecule has 112 valence electrons. The van der Waals surface area contributed by atoms with Crippen molar-refractivity contribution in [2.45, 2.75) is 40.2 Å². The SMILES string of the molecule is Cc1ccc(Cl)cc1NC(=O)NCC(C)(C)CC(C)O. The Labute approximate surface area is 125 Å². The van der Waals surface area contributed by atoms with E-state index in [1.807, 2.05) is 26.8 Å². The summed E-state index contributed by atoms with van der Waals surface area (Å²) in [6.07, 6.45) is 0.244. The Hall–Kier alpha value is -1.26. The van der Waals surface area contributed by atoms with Crippen LogP contribution >= 0.6 is 11.6 Å². The quantitative estimate of drug-likeness (QED) is 0.778. The van der Waals surface area contributed by atoms with Gasteiger partial charge in [-0.05, 0) is 43.4 Å². The smallest absolute Gasteiger partial charge is 0.319 e. The van der Waals surface area contributed by atoms with E-state index >= 15 is 0 Å². The lowest BCUT2D eigenvalue weighted by atomic mass is 9.87. The van der Waals surface area contributed by atoms with Gasteiger partial charge in [0.25, 0.3) is 0 Å². The van der Waals surface area contributed by atoms with E-state index in [4.69, 9.17) is 11.6 Å². The maximum atomic E-state index is 11.9. The summed E-state index contributed by atoms with van der Waals surface area (Å²) in [6.45, 7) is 8.15. The minimum Gasteiger partial charge on any atom is -0.393 e. The van der Waals surface area contributed by atoms with Crippen LogP contribution in [0.4, 0.5) is 10.5 Å². The molecule has 0 saturated heterocycles. The number of benzene rings is 1. The molecule has 1 unspecified atom stereocenters. The van der Waals surface area contributed by atoms with Crippen molar-refractivity contribution in [3.8, 4) is 0 Å². The van der Waals surface area contributed by atoms with Crippen LogP contribution < -0.4 is 10.6 Å². The maximum Gasteiger partial charge on any atom is 0.319 e. The molecule has 2 amide bonds. The molecule has 0 spiro atoms. The summed E-state index contributed by atoms with van der Waals surface area (Å²) in [4.78, 5) is 11.9. The average molecular weight is 299 g/mol. The zero-order valence-electron chi connectivity index (χ0n) is 12.5. The highest BCUT2D eigenvalue weighted by atomic mass is 35.5. The number of aryl methyl sites for hydroxylation is 1. The van der Waals surface area contributed by atoms with Crippen molar-refractivity contribution in [2.75, 3.05) is 11.9 Å². The van der Waals surface area contributed by atoms with Crippen molar-refractivity contribution in [1.82, 2.24) is 5.32 Å². The predicted octanol–water partition coefficient (Wildman–Crippen LogP) is 3.57. The third kappa shape index (κ3) is 5.80. The molecule has 0 aromatic heterocycles. The molecule has 0 aliphatic heterocycles. The number of anilines is 1. The lowest BCUT2D eigenvalue weighted by Gasteiger charge is -2.26. The van der Waals surface area contributed by atoms with Crippen molar-refractivity contribution < 1.29 is 9.90 Å². The lowest BCUT2D eigenvalue weighted by molar-refractivity contribution is 0.129. The van der Waals surface area contributed by atoms with Gasteiger partial charge in [-0.15, -0.1) is 0 Å². The number of halogens is 1. The highest BCUT2D eigenvalue weighted by Crippen LogP contribution is 2.22. The molecule has 1 rings (SSSR count). The van der Waals surface area contributed by atoms with Crippen molar-refractivity contribution in [3.63, 3.8) is 0 Å². The molecule has 3 N–H and O–H groups in total. The molecule has 1 atom stereocenters. The normalized spacial score (nSPS) is 12.9. The molecule has 0 saturated carbocycles. The second-order valence-electron chi connectivity index (χ2n) is 5.98. The van der Waals surface area contributed by atoms with Gasteiger partial charge in [0.05, 0.1) is 6.10 Å². The van der Waals surface area contributed by atoms with Crippen LogP contribution in [0.25, 0.3) is 0 Å². The topological polar surface area (TPSA) is 61.4 Å². The molecule has 0 radical (unpaired) electrons. The highest BCUT2D eigenvalue weighted by Gasteiger charge is 2.21. The van der Waals surface area contributed by atoms with Gasteiger partial charge in [0.1, 0.15) is 0 Å². The monoisotopic (exact) mass is 298 g/mol. The van der Waals surface area contributed by atoms with Crippen molar-refractivity contribution >= 4 is 23.3 Å². The van der Waals surface area contributed by atoms with Crippen LogP contribution in [0.5, 0.6) is 0 Å². The fourth-order valence-electron chi connectivity index (χ4n) is 2.09. The van der Waals surface area contributed by atoms with E-state index < -0.39 is 0 Å². The molecule has 1 aromatic carbocycles. The number of nitrogens with one attached hydrogen (secondary N) is 2. The van der Waals surface area contributed by atoms with Gasteiger partial charge in [-0.1, -0.05) is 31.5 Å². The van der Waals surface area contributed by atoms with Crippen molar-refractivity contribution in [1.29, 1.82) is 0 Å². The second kappa shape index (κ2) is 6.95. The first-order chi connectivity index (χ1) is 9.19. The van der Waals surface area contributed by atoms with Crippen LogP contribution in [0.1, 0.15) is 32.8 Å². The Balaban J connectivity index is 2.54. The van der Waals surface area contributed by atoms with Gasteiger partial charge in [0.2, 0.25) is 0 Å². The number of rotatable bonds is 5. The molecule has 0 heterocycles. The largest absolute Gasteiger partial charge is 0.393 e. The van der Waals surface area contributed by atoms with E-state index in [1.54, 1.807) is 19.1 Å².